The van der Waals surface area contributed by atoms with E-state index >= 15 is 0 Å². The fourth-order valence-electron chi connectivity index (χ4n) is 2.13. The number of aromatic nitrogens is 1. The fourth-order valence-corrected chi connectivity index (χ4v) is 2.13. The first-order valence-corrected chi connectivity index (χ1v) is 7.09. The highest BCUT2D eigenvalue weighted by Gasteiger charge is 2.15. The van der Waals surface area contributed by atoms with Crippen molar-refractivity contribution < 1.29 is 0 Å². The monoisotopic (exact) mass is 263 g/mol. The molecule has 0 aliphatic heterocycles. The van der Waals surface area contributed by atoms with Gasteiger partial charge in [-0.15, -0.1) is 0 Å². The topological polar surface area (TPSA) is 28.2 Å². The Morgan fingerprint density at radius 2 is 1.89 bits per heavy atom. The molecule has 3 nitrogen and oxygen atoms in total. The third-order valence-electron chi connectivity index (χ3n) is 2.82. The van der Waals surface area contributed by atoms with Gasteiger partial charge in [-0.2, -0.15) is 0 Å². The van der Waals surface area contributed by atoms with Gasteiger partial charge < -0.3 is 10.2 Å². The van der Waals surface area contributed by atoms with Crippen LogP contribution in [0.3, 0.4) is 0 Å². The van der Waals surface area contributed by atoms with Gasteiger partial charge in [-0.3, -0.25) is 0 Å². The molecule has 1 aromatic rings. The third-order valence-corrected chi connectivity index (χ3v) is 2.82. The molecule has 0 bridgehead atoms. The summed E-state index contributed by atoms with van der Waals surface area (Å²) in [5.41, 5.74) is 2.66. The summed E-state index contributed by atoms with van der Waals surface area (Å²) >= 11 is 0. The van der Waals surface area contributed by atoms with E-state index in [0.717, 1.165) is 24.6 Å². The largest absolute Gasteiger partial charge is 0.359 e. The molecule has 1 N–H and O–H groups in total. The van der Waals surface area contributed by atoms with Crippen LogP contribution in [0.1, 0.15) is 45.9 Å². The van der Waals surface area contributed by atoms with Crippen molar-refractivity contribution in [3.8, 4) is 0 Å². The Labute approximate surface area is 118 Å². The summed E-state index contributed by atoms with van der Waals surface area (Å²) in [7, 11) is 2.12. The summed E-state index contributed by atoms with van der Waals surface area (Å²) in [6, 6.07) is 4.85. The van der Waals surface area contributed by atoms with E-state index in [0.29, 0.717) is 6.04 Å². The van der Waals surface area contributed by atoms with Crippen LogP contribution in [-0.4, -0.2) is 24.6 Å². The summed E-state index contributed by atoms with van der Waals surface area (Å²) in [6.07, 6.45) is 0. The normalized spacial score (nSPS) is 12.0. The van der Waals surface area contributed by atoms with Crippen molar-refractivity contribution in [2.24, 2.45) is 5.41 Å². The summed E-state index contributed by atoms with van der Waals surface area (Å²) < 4.78 is 0. The molecule has 0 atom stereocenters. The van der Waals surface area contributed by atoms with E-state index < -0.39 is 0 Å². The maximum Gasteiger partial charge on any atom is 0.128 e. The lowest BCUT2D eigenvalue weighted by molar-refractivity contribution is 0.417. The summed E-state index contributed by atoms with van der Waals surface area (Å²) in [6.45, 7) is 15.0. The average Bonchev–Trinajstić information content (AvgIpc) is 2.23. The van der Waals surface area contributed by atoms with Gasteiger partial charge in [-0.1, -0.05) is 34.6 Å². The van der Waals surface area contributed by atoms with E-state index in [1.807, 2.05) is 0 Å². The molecule has 0 aromatic carbocycles. The number of nitrogens with one attached hydrogen (secondary N) is 1. The third kappa shape index (κ3) is 6.06. The maximum atomic E-state index is 4.64. The zero-order valence-corrected chi connectivity index (χ0v) is 13.5. The molecule has 1 heterocycles. The van der Waals surface area contributed by atoms with Gasteiger partial charge in [0.15, 0.2) is 0 Å². The van der Waals surface area contributed by atoms with Crippen LogP contribution in [0.25, 0.3) is 0 Å². The molecule has 0 spiro atoms. The van der Waals surface area contributed by atoms with E-state index in [2.05, 4.69) is 75.9 Å². The Morgan fingerprint density at radius 1 is 1.26 bits per heavy atom. The molecular formula is C16H29N3. The van der Waals surface area contributed by atoms with Crippen LogP contribution >= 0.6 is 0 Å². The maximum absolute atomic E-state index is 4.64. The minimum absolute atomic E-state index is 0.274. The molecule has 0 amide bonds. The molecule has 0 fully saturated rings. The van der Waals surface area contributed by atoms with Gasteiger partial charge in [0.2, 0.25) is 0 Å². The number of pyridine rings is 1. The van der Waals surface area contributed by atoms with Crippen LogP contribution in [0.2, 0.25) is 0 Å². The minimum atomic E-state index is 0.274. The van der Waals surface area contributed by atoms with Crippen molar-refractivity contribution in [1.82, 2.24) is 10.3 Å². The van der Waals surface area contributed by atoms with Crippen LogP contribution < -0.4 is 10.2 Å². The zero-order chi connectivity index (χ0) is 14.6. The lowest BCUT2D eigenvalue weighted by Gasteiger charge is -2.28. The van der Waals surface area contributed by atoms with Crippen molar-refractivity contribution >= 4 is 5.82 Å². The molecule has 108 valence electrons. The van der Waals surface area contributed by atoms with Crippen LogP contribution in [0.5, 0.6) is 0 Å². The predicted octanol–water partition coefficient (Wildman–Crippen LogP) is 3.37. The molecule has 0 unspecified atom stereocenters. The first kappa shape index (κ1) is 16.0. The molecule has 1 rings (SSSR count). The van der Waals surface area contributed by atoms with Crippen LogP contribution in [-0.2, 0) is 6.54 Å². The van der Waals surface area contributed by atoms with E-state index in [4.69, 9.17) is 0 Å². The average molecular weight is 263 g/mol. The standard InChI is InChI=1S/C16H29N3/c1-12(2)17-10-14-8-13(3)18-15(9-14)19(7)11-16(4,5)6/h8-9,12,17H,10-11H2,1-7H3. The number of anilines is 1. The van der Waals surface area contributed by atoms with E-state index in [1.165, 1.54) is 5.56 Å². The van der Waals surface area contributed by atoms with Crippen LogP contribution in [0, 0.1) is 12.3 Å². The highest BCUT2D eigenvalue weighted by Crippen LogP contribution is 2.20. The Balaban J connectivity index is 2.83. The van der Waals surface area contributed by atoms with Gasteiger partial charge in [0.05, 0.1) is 0 Å². The second-order valence-corrected chi connectivity index (χ2v) is 6.93. The number of aryl methyl sites for hydroxylation is 1. The number of rotatable bonds is 5. The van der Waals surface area contributed by atoms with Gasteiger partial charge in [-0.25, -0.2) is 4.98 Å². The molecule has 0 saturated heterocycles. The number of hydrogen-bond donors (Lipinski definition) is 1. The molecule has 0 saturated carbocycles. The molecule has 0 radical (unpaired) electrons. The second-order valence-electron chi connectivity index (χ2n) is 6.93. The summed E-state index contributed by atoms with van der Waals surface area (Å²) in [4.78, 5) is 6.89. The fraction of sp³-hybridized carbons (Fsp3) is 0.688. The van der Waals surface area contributed by atoms with E-state index in [1.54, 1.807) is 0 Å². The van der Waals surface area contributed by atoms with E-state index in [-0.39, 0.29) is 5.41 Å². The van der Waals surface area contributed by atoms with Gasteiger partial charge >= 0.3 is 0 Å². The Bertz CT molecular complexity index is 405. The molecule has 0 aliphatic rings. The highest BCUT2D eigenvalue weighted by molar-refractivity contribution is 5.42. The van der Waals surface area contributed by atoms with Gasteiger partial charge in [0.1, 0.15) is 5.82 Å². The first-order chi connectivity index (χ1) is 8.67. The van der Waals surface area contributed by atoms with Gasteiger partial charge in [0.25, 0.3) is 0 Å². The Morgan fingerprint density at radius 3 is 2.42 bits per heavy atom. The SMILES string of the molecule is Cc1cc(CNC(C)C)cc(N(C)CC(C)(C)C)n1. The Kier molecular flexibility index (Phi) is 5.36. The van der Waals surface area contributed by atoms with E-state index in [9.17, 15) is 0 Å². The first-order valence-electron chi connectivity index (χ1n) is 7.09. The quantitative estimate of drug-likeness (QED) is 0.883. The molecule has 1 aromatic heterocycles. The van der Waals surface area contributed by atoms with Gasteiger partial charge in [-0.05, 0) is 30.0 Å². The van der Waals surface area contributed by atoms with Crippen LogP contribution in [0.15, 0.2) is 12.1 Å². The smallest absolute Gasteiger partial charge is 0.128 e. The van der Waals surface area contributed by atoms with Crippen LogP contribution in [0.4, 0.5) is 5.82 Å². The molecule has 0 aliphatic carbocycles. The van der Waals surface area contributed by atoms with Crippen molar-refractivity contribution in [1.29, 1.82) is 0 Å². The van der Waals surface area contributed by atoms with Crippen molar-refractivity contribution in [3.05, 3.63) is 23.4 Å². The summed E-state index contributed by atoms with van der Waals surface area (Å²) in [5, 5.41) is 3.46. The minimum Gasteiger partial charge on any atom is -0.359 e. The molecule has 19 heavy (non-hydrogen) atoms. The Hall–Kier alpha value is -1.09. The lowest BCUT2D eigenvalue weighted by atomic mass is 9.96. The highest BCUT2D eigenvalue weighted by atomic mass is 15.2. The van der Waals surface area contributed by atoms with Crippen molar-refractivity contribution in [2.45, 2.75) is 54.1 Å². The second kappa shape index (κ2) is 6.38. The van der Waals surface area contributed by atoms with Gasteiger partial charge in [0, 0.05) is 31.9 Å². The lowest BCUT2D eigenvalue weighted by Crippen LogP contribution is -2.30. The van der Waals surface area contributed by atoms with Crippen molar-refractivity contribution in [3.63, 3.8) is 0 Å². The van der Waals surface area contributed by atoms with Crippen molar-refractivity contribution in [2.75, 3.05) is 18.5 Å². The predicted molar refractivity (Wildman–Crippen MR) is 83.7 cm³/mol. The molecular weight excluding hydrogens is 234 g/mol. The zero-order valence-electron chi connectivity index (χ0n) is 13.5. The number of nitrogens with zero attached hydrogens (tertiary/aromatic N) is 2. The summed E-state index contributed by atoms with van der Waals surface area (Å²) in [5.74, 6) is 1.07. The molecule has 3 heteroatoms. The number of hydrogen-bond acceptors (Lipinski definition) is 3.